The van der Waals surface area contributed by atoms with E-state index in [0.717, 1.165) is 19.4 Å². The first-order valence-corrected chi connectivity index (χ1v) is 5.92. The van der Waals surface area contributed by atoms with E-state index >= 15 is 0 Å². The van der Waals surface area contributed by atoms with Crippen molar-refractivity contribution in [3.63, 3.8) is 0 Å². The largest absolute Gasteiger partial charge is 0.508 e. The molecule has 1 atom stereocenters. The molecule has 1 fully saturated rings. The predicted molar refractivity (Wildman–Crippen MR) is 65.3 cm³/mol. The van der Waals surface area contributed by atoms with Gasteiger partial charge in [-0.1, -0.05) is 11.6 Å². The third-order valence-corrected chi connectivity index (χ3v) is 3.05. The number of carbonyl (C=O) groups excluding carboxylic acids is 1. The van der Waals surface area contributed by atoms with Crippen molar-refractivity contribution < 1.29 is 14.6 Å². The second kappa shape index (κ2) is 5.38. The van der Waals surface area contributed by atoms with Crippen LogP contribution in [0.4, 0.5) is 5.69 Å². The number of anilines is 1. The quantitative estimate of drug-likeness (QED) is 0.798. The first kappa shape index (κ1) is 12.2. The van der Waals surface area contributed by atoms with Crippen molar-refractivity contribution in [2.75, 3.05) is 18.5 Å². The monoisotopic (exact) mass is 255 g/mol. The van der Waals surface area contributed by atoms with E-state index in [-0.39, 0.29) is 17.6 Å². The number of amides is 1. The topological polar surface area (TPSA) is 58.6 Å². The van der Waals surface area contributed by atoms with Crippen LogP contribution in [0.1, 0.15) is 12.8 Å². The number of phenolic OH excluding ortho intramolecular Hbond substituents is 1. The first-order chi connectivity index (χ1) is 8.16. The normalized spacial score (nSPS) is 19.9. The van der Waals surface area contributed by atoms with Crippen LogP contribution in [0.5, 0.6) is 5.75 Å². The van der Waals surface area contributed by atoms with Gasteiger partial charge in [0.1, 0.15) is 5.75 Å². The van der Waals surface area contributed by atoms with E-state index in [1.54, 1.807) is 6.07 Å². The van der Waals surface area contributed by atoms with Gasteiger partial charge in [-0.25, -0.2) is 0 Å². The Morgan fingerprint density at radius 3 is 3.00 bits per heavy atom. The number of nitrogens with one attached hydrogen (secondary N) is 1. The molecule has 1 amide bonds. The van der Waals surface area contributed by atoms with Crippen LogP contribution in [0.2, 0.25) is 5.02 Å². The highest BCUT2D eigenvalue weighted by atomic mass is 35.5. The molecular formula is C12H14ClNO3. The van der Waals surface area contributed by atoms with Gasteiger partial charge in [-0.2, -0.15) is 0 Å². The summed E-state index contributed by atoms with van der Waals surface area (Å²) in [4.78, 5) is 11.9. The number of benzene rings is 1. The molecule has 0 aliphatic carbocycles. The van der Waals surface area contributed by atoms with Crippen molar-refractivity contribution in [3.8, 4) is 5.75 Å². The molecule has 0 bridgehead atoms. The number of hydrogen-bond acceptors (Lipinski definition) is 3. The maximum Gasteiger partial charge on any atom is 0.229 e. The molecule has 0 spiro atoms. The smallest absolute Gasteiger partial charge is 0.229 e. The molecule has 17 heavy (non-hydrogen) atoms. The number of rotatable bonds is 2. The molecule has 0 saturated carbocycles. The molecule has 1 aliphatic heterocycles. The van der Waals surface area contributed by atoms with E-state index in [0.29, 0.717) is 17.3 Å². The molecule has 4 nitrogen and oxygen atoms in total. The van der Waals surface area contributed by atoms with Crippen molar-refractivity contribution in [1.29, 1.82) is 0 Å². The van der Waals surface area contributed by atoms with Gasteiger partial charge in [0.05, 0.1) is 23.2 Å². The maximum absolute atomic E-state index is 11.9. The lowest BCUT2D eigenvalue weighted by molar-refractivity contribution is -0.123. The Balaban J connectivity index is 2.02. The van der Waals surface area contributed by atoms with Gasteiger partial charge < -0.3 is 15.2 Å². The van der Waals surface area contributed by atoms with Gasteiger partial charge >= 0.3 is 0 Å². The van der Waals surface area contributed by atoms with E-state index in [9.17, 15) is 9.90 Å². The molecule has 1 aliphatic rings. The molecule has 0 aromatic heterocycles. The first-order valence-electron chi connectivity index (χ1n) is 5.54. The minimum Gasteiger partial charge on any atom is -0.508 e. The van der Waals surface area contributed by atoms with Gasteiger partial charge in [-0.3, -0.25) is 4.79 Å². The Morgan fingerprint density at radius 1 is 1.53 bits per heavy atom. The number of phenols is 1. The molecule has 92 valence electrons. The van der Waals surface area contributed by atoms with Crippen molar-refractivity contribution >= 4 is 23.2 Å². The molecule has 2 rings (SSSR count). The number of hydrogen-bond donors (Lipinski definition) is 2. The summed E-state index contributed by atoms with van der Waals surface area (Å²) in [5, 5.41) is 12.3. The fourth-order valence-electron chi connectivity index (χ4n) is 1.79. The lowest BCUT2D eigenvalue weighted by Gasteiger charge is -2.21. The molecule has 2 N–H and O–H groups in total. The minimum atomic E-state index is -0.117. The number of carbonyl (C=O) groups is 1. The van der Waals surface area contributed by atoms with E-state index in [1.165, 1.54) is 12.1 Å². The van der Waals surface area contributed by atoms with Crippen LogP contribution in [-0.2, 0) is 9.53 Å². The molecule has 1 aromatic carbocycles. The summed E-state index contributed by atoms with van der Waals surface area (Å²) in [7, 11) is 0. The van der Waals surface area contributed by atoms with Gasteiger partial charge in [0.25, 0.3) is 0 Å². The van der Waals surface area contributed by atoms with Gasteiger partial charge in [0.2, 0.25) is 5.91 Å². The van der Waals surface area contributed by atoms with Crippen molar-refractivity contribution in [2.45, 2.75) is 12.8 Å². The van der Waals surface area contributed by atoms with Crippen LogP contribution in [0.15, 0.2) is 18.2 Å². The van der Waals surface area contributed by atoms with Crippen LogP contribution in [0.3, 0.4) is 0 Å². The van der Waals surface area contributed by atoms with E-state index in [4.69, 9.17) is 16.3 Å². The van der Waals surface area contributed by atoms with Crippen LogP contribution in [0.25, 0.3) is 0 Å². The summed E-state index contributed by atoms with van der Waals surface area (Å²) < 4.78 is 5.26. The molecule has 1 saturated heterocycles. The fraction of sp³-hybridized carbons (Fsp3) is 0.417. The van der Waals surface area contributed by atoms with Gasteiger partial charge in [-0.05, 0) is 25.0 Å². The standard InChI is InChI=1S/C12H14ClNO3/c13-10-6-9(15)3-4-11(10)14-12(16)8-2-1-5-17-7-8/h3-4,6,8,15H,1-2,5,7H2,(H,14,16). The summed E-state index contributed by atoms with van der Waals surface area (Å²) in [6.07, 6.45) is 1.74. The highest BCUT2D eigenvalue weighted by Gasteiger charge is 2.22. The highest BCUT2D eigenvalue weighted by molar-refractivity contribution is 6.33. The highest BCUT2D eigenvalue weighted by Crippen LogP contribution is 2.27. The summed E-state index contributed by atoms with van der Waals surface area (Å²) in [6, 6.07) is 4.46. The zero-order valence-corrected chi connectivity index (χ0v) is 10.0. The van der Waals surface area contributed by atoms with Gasteiger partial charge in [-0.15, -0.1) is 0 Å². The molecule has 5 heteroatoms. The SMILES string of the molecule is O=C(Nc1ccc(O)cc1Cl)C1CCCOC1. The Bertz CT molecular complexity index is 416. The summed E-state index contributed by atoms with van der Waals surface area (Å²) in [6.45, 7) is 1.19. The Labute approximate surface area is 105 Å². The fourth-order valence-corrected chi connectivity index (χ4v) is 2.01. The third kappa shape index (κ3) is 3.11. The maximum atomic E-state index is 11.9. The Morgan fingerprint density at radius 2 is 2.35 bits per heavy atom. The minimum absolute atomic E-state index is 0.0778. The van der Waals surface area contributed by atoms with E-state index < -0.39 is 0 Å². The summed E-state index contributed by atoms with van der Waals surface area (Å²) in [5.74, 6) is -0.125. The summed E-state index contributed by atoms with van der Waals surface area (Å²) >= 11 is 5.91. The second-order valence-corrected chi connectivity index (χ2v) is 4.47. The number of ether oxygens (including phenoxy) is 1. The van der Waals surface area contributed by atoms with E-state index in [2.05, 4.69) is 5.32 Å². The van der Waals surface area contributed by atoms with Crippen LogP contribution >= 0.6 is 11.6 Å². The zero-order valence-electron chi connectivity index (χ0n) is 9.28. The third-order valence-electron chi connectivity index (χ3n) is 2.74. The predicted octanol–water partition coefficient (Wildman–Crippen LogP) is 2.41. The molecule has 1 heterocycles. The van der Waals surface area contributed by atoms with Crippen LogP contribution in [-0.4, -0.2) is 24.2 Å². The average molecular weight is 256 g/mol. The molecule has 0 radical (unpaired) electrons. The number of halogens is 1. The van der Waals surface area contributed by atoms with Crippen LogP contribution < -0.4 is 5.32 Å². The summed E-state index contributed by atoms with van der Waals surface area (Å²) in [5.41, 5.74) is 0.514. The Kier molecular flexibility index (Phi) is 3.86. The number of aromatic hydroxyl groups is 1. The lowest BCUT2D eigenvalue weighted by Crippen LogP contribution is -2.30. The van der Waals surface area contributed by atoms with Crippen LogP contribution in [0, 0.1) is 5.92 Å². The zero-order chi connectivity index (χ0) is 12.3. The van der Waals surface area contributed by atoms with E-state index in [1.807, 2.05) is 0 Å². The second-order valence-electron chi connectivity index (χ2n) is 4.07. The molecule has 1 aromatic rings. The molecular weight excluding hydrogens is 242 g/mol. The van der Waals surface area contributed by atoms with Gasteiger partial charge in [0, 0.05) is 12.7 Å². The van der Waals surface area contributed by atoms with Gasteiger partial charge in [0.15, 0.2) is 0 Å². The molecule has 1 unspecified atom stereocenters. The van der Waals surface area contributed by atoms with Crippen molar-refractivity contribution in [3.05, 3.63) is 23.2 Å². The average Bonchev–Trinajstić information content (AvgIpc) is 2.34. The Hall–Kier alpha value is -1.26. The lowest BCUT2D eigenvalue weighted by atomic mass is 10.0. The van der Waals surface area contributed by atoms with Crippen molar-refractivity contribution in [1.82, 2.24) is 0 Å². The van der Waals surface area contributed by atoms with Crippen molar-refractivity contribution in [2.24, 2.45) is 5.92 Å².